The molecule has 0 aliphatic heterocycles. The Balaban J connectivity index is 1.99. The Morgan fingerprint density at radius 3 is 2.42 bits per heavy atom. The predicted octanol–water partition coefficient (Wildman–Crippen LogP) is 2.14. The highest BCUT2D eigenvalue weighted by atomic mass is 16.5. The molecule has 104 valence electrons. The van der Waals surface area contributed by atoms with E-state index in [-0.39, 0.29) is 11.9 Å². The quantitative estimate of drug-likeness (QED) is 0.873. The van der Waals surface area contributed by atoms with Crippen molar-refractivity contribution in [2.24, 2.45) is 5.73 Å². The summed E-state index contributed by atoms with van der Waals surface area (Å²) in [7, 11) is 1.64. The van der Waals surface area contributed by atoms with Gasteiger partial charge in [-0.1, -0.05) is 25.0 Å². The third-order valence-corrected chi connectivity index (χ3v) is 3.91. The van der Waals surface area contributed by atoms with Gasteiger partial charge in [-0.25, -0.2) is 0 Å². The first-order valence-corrected chi connectivity index (χ1v) is 6.79. The van der Waals surface area contributed by atoms with Gasteiger partial charge in [-0.05, 0) is 37.5 Å². The minimum absolute atomic E-state index is 0.0340. The van der Waals surface area contributed by atoms with Crippen molar-refractivity contribution >= 4 is 5.91 Å². The van der Waals surface area contributed by atoms with E-state index in [1.807, 2.05) is 31.2 Å². The Morgan fingerprint density at radius 1 is 1.32 bits per heavy atom. The van der Waals surface area contributed by atoms with Gasteiger partial charge in [0.25, 0.3) is 0 Å². The summed E-state index contributed by atoms with van der Waals surface area (Å²) in [6.45, 7) is 1.97. The van der Waals surface area contributed by atoms with E-state index >= 15 is 0 Å². The van der Waals surface area contributed by atoms with Crippen LogP contribution in [-0.4, -0.2) is 18.6 Å². The average molecular weight is 262 g/mol. The Bertz CT molecular complexity index is 436. The maximum Gasteiger partial charge on any atom is 0.240 e. The van der Waals surface area contributed by atoms with E-state index < -0.39 is 5.54 Å². The van der Waals surface area contributed by atoms with Crippen LogP contribution >= 0.6 is 0 Å². The fraction of sp³-hybridized carbons (Fsp3) is 0.533. The van der Waals surface area contributed by atoms with Crippen LogP contribution in [0.5, 0.6) is 5.75 Å². The molecule has 1 aromatic carbocycles. The van der Waals surface area contributed by atoms with Gasteiger partial charge in [0.2, 0.25) is 5.91 Å². The van der Waals surface area contributed by atoms with Gasteiger partial charge in [0.05, 0.1) is 18.7 Å². The molecule has 4 heteroatoms. The van der Waals surface area contributed by atoms with Gasteiger partial charge in [-0.15, -0.1) is 0 Å². The standard InChI is InChI=1S/C15H22N2O2/c1-11(12-5-7-13(19-2)8-6-12)17-14(18)15(16)9-3-4-10-15/h5-8,11H,3-4,9-10,16H2,1-2H3,(H,17,18)/t11-/m0/s1. The first-order valence-electron chi connectivity index (χ1n) is 6.79. The minimum Gasteiger partial charge on any atom is -0.497 e. The van der Waals surface area contributed by atoms with E-state index in [1.165, 1.54) is 0 Å². The molecule has 0 unspecified atom stereocenters. The molecule has 19 heavy (non-hydrogen) atoms. The first kappa shape index (κ1) is 13.9. The number of carbonyl (C=O) groups excluding carboxylic acids is 1. The number of methoxy groups -OCH3 is 1. The van der Waals surface area contributed by atoms with Crippen molar-refractivity contribution < 1.29 is 9.53 Å². The molecule has 0 bridgehead atoms. The predicted molar refractivity (Wildman–Crippen MR) is 74.9 cm³/mol. The lowest BCUT2D eigenvalue weighted by Crippen LogP contribution is -2.52. The summed E-state index contributed by atoms with van der Waals surface area (Å²) in [5.41, 5.74) is 6.53. The molecule has 0 spiro atoms. The van der Waals surface area contributed by atoms with Crippen molar-refractivity contribution in [2.45, 2.75) is 44.2 Å². The summed E-state index contributed by atoms with van der Waals surface area (Å²) in [6.07, 6.45) is 3.66. The zero-order valence-corrected chi connectivity index (χ0v) is 11.6. The number of amides is 1. The van der Waals surface area contributed by atoms with Crippen molar-refractivity contribution in [3.05, 3.63) is 29.8 Å². The fourth-order valence-electron chi connectivity index (χ4n) is 2.55. The van der Waals surface area contributed by atoms with Crippen molar-refractivity contribution in [1.29, 1.82) is 0 Å². The largest absolute Gasteiger partial charge is 0.497 e. The summed E-state index contributed by atoms with van der Waals surface area (Å²) in [5.74, 6) is 0.779. The Morgan fingerprint density at radius 2 is 1.89 bits per heavy atom. The molecule has 0 radical (unpaired) electrons. The molecule has 2 rings (SSSR count). The Labute approximate surface area is 114 Å². The molecule has 1 fully saturated rings. The summed E-state index contributed by atoms with van der Waals surface area (Å²) in [4.78, 5) is 12.2. The second-order valence-corrected chi connectivity index (χ2v) is 5.33. The Hall–Kier alpha value is -1.55. The lowest BCUT2D eigenvalue weighted by Gasteiger charge is -2.25. The van der Waals surface area contributed by atoms with Gasteiger partial charge < -0.3 is 15.8 Å². The number of carbonyl (C=O) groups is 1. The van der Waals surface area contributed by atoms with Gasteiger partial charge in [0, 0.05) is 0 Å². The van der Waals surface area contributed by atoms with Gasteiger partial charge in [-0.3, -0.25) is 4.79 Å². The van der Waals surface area contributed by atoms with Gasteiger partial charge in [0.15, 0.2) is 0 Å². The molecule has 3 N–H and O–H groups in total. The van der Waals surface area contributed by atoms with Crippen LogP contribution in [0.15, 0.2) is 24.3 Å². The monoisotopic (exact) mass is 262 g/mol. The highest BCUT2D eigenvalue weighted by Crippen LogP contribution is 2.28. The molecule has 1 aliphatic rings. The van der Waals surface area contributed by atoms with Crippen LogP contribution in [0, 0.1) is 0 Å². The molecule has 1 atom stereocenters. The summed E-state index contributed by atoms with van der Waals surface area (Å²) >= 11 is 0. The van der Waals surface area contributed by atoms with Crippen LogP contribution in [0.25, 0.3) is 0 Å². The van der Waals surface area contributed by atoms with E-state index in [0.717, 1.165) is 37.0 Å². The fourth-order valence-corrected chi connectivity index (χ4v) is 2.55. The van der Waals surface area contributed by atoms with Crippen LogP contribution in [-0.2, 0) is 4.79 Å². The number of nitrogens with one attached hydrogen (secondary N) is 1. The van der Waals surface area contributed by atoms with Crippen molar-refractivity contribution in [3.8, 4) is 5.75 Å². The summed E-state index contributed by atoms with van der Waals surface area (Å²) in [5, 5.41) is 3.01. The number of rotatable bonds is 4. The zero-order valence-electron chi connectivity index (χ0n) is 11.6. The van der Waals surface area contributed by atoms with Crippen LogP contribution in [0.3, 0.4) is 0 Å². The van der Waals surface area contributed by atoms with E-state index in [0.29, 0.717) is 0 Å². The lowest BCUT2D eigenvalue weighted by atomic mass is 9.97. The third-order valence-electron chi connectivity index (χ3n) is 3.91. The van der Waals surface area contributed by atoms with Crippen LogP contribution in [0.4, 0.5) is 0 Å². The van der Waals surface area contributed by atoms with E-state index in [1.54, 1.807) is 7.11 Å². The van der Waals surface area contributed by atoms with Gasteiger partial charge in [-0.2, -0.15) is 0 Å². The van der Waals surface area contributed by atoms with Crippen LogP contribution < -0.4 is 15.8 Å². The number of hydrogen-bond acceptors (Lipinski definition) is 3. The molecule has 0 saturated heterocycles. The molecule has 4 nitrogen and oxygen atoms in total. The third kappa shape index (κ3) is 3.07. The number of nitrogens with two attached hydrogens (primary N) is 1. The van der Waals surface area contributed by atoms with Gasteiger partial charge in [0.1, 0.15) is 5.75 Å². The van der Waals surface area contributed by atoms with E-state index in [2.05, 4.69) is 5.32 Å². The molecular weight excluding hydrogens is 240 g/mol. The van der Waals surface area contributed by atoms with Crippen molar-refractivity contribution in [2.75, 3.05) is 7.11 Å². The molecule has 1 aromatic rings. The topological polar surface area (TPSA) is 64.3 Å². The first-order chi connectivity index (χ1) is 9.05. The SMILES string of the molecule is COc1ccc([C@H](C)NC(=O)C2(N)CCCC2)cc1. The zero-order chi connectivity index (χ0) is 13.9. The lowest BCUT2D eigenvalue weighted by molar-refractivity contribution is -0.126. The molecule has 1 amide bonds. The Kier molecular flexibility index (Phi) is 4.10. The van der Waals surface area contributed by atoms with Crippen LogP contribution in [0.1, 0.15) is 44.2 Å². The van der Waals surface area contributed by atoms with Gasteiger partial charge >= 0.3 is 0 Å². The maximum absolute atomic E-state index is 12.2. The summed E-state index contributed by atoms with van der Waals surface area (Å²) in [6, 6.07) is 7.67. The minimum atomic E-state index is -0.666. The normalized spacial score (nSPS) is 18.9. The van der Waals surface area contributed by atoms with Crippen LogP contribution in [0.2, 0.25) is 0 Å². The van der Waals surface area contributed by atoms with E-state index in [4.69, 9.17) is 10.5 Å². The molecule has 0 heterocycles. The molecule has 0 aromatic heterocycles. The number of benzene rings is 1. The smallest absolute Gasteiger partial charge is 0.240 e. The second kappa shape index (κ2) is 5.61. The second-order valence-electron chi connectivity index (χ2n) is 5.33. The molecular formula is C15H22N2O2. The number of hydrogen-bond donors (Lipinski definition) is 2. The van der Waals surface area contributed by atoms with Crippen molar-refractivity contribution in [3.63, 3.8) is 0 Å². The highest BCUT2D eigenvalue weighted by molar-refractivity contribution is 5.86. The average Bonchev–Trinajstić information content (AvgIpc) is 2.87. The number of ether oxygens (including phenoxy) is 1. The highest BCUT2D eigenvalue weighted by Gasteiger charge is 2.37. The van der Waals surface area contributed by atoms with Crippen molar-refractivity contribution in [1.82, 2.24) is 5.32 Å². The molecule has 1 aliphatic carbocycles. The summed E-state index contributed by atoms with van der Waals surface area (Å²) < 4.78 is 5.12. The maximum atomic E-state index is 12.2. The molecule has 1 saturated carbocycles. The van der Waals surface area contributed by atoms with E-state index in [9.17, 15) is 4.79 Å².